The SMILES string of the molecule is C[C@@H](NC1CCc2cc(N)ccc21)c1cccc(F)c1. The molecule has 3 rings (SSSR count). The molecule has 2 aromatic rings. The topological polar surface area (TPSA) is 38.0 Å². The second-order valence-corrected chi connectivity index (χ2v) is 5.49. The van der Waals surface area contributed by atoms with Gasteiger partial charge < -0.3 is 11.1 Å². The lowest BCUT2D eigenvalue weighted by Gasteiger charge is -2.21. The molecule has 104 valence electrons. The van der Waals surface area contributed by atoms with Crippen LogP contribution in [0.4, 0.5) is 10.1 Å². The molecule has 20 heavy (non-hydrogen) atoms. The van der Waals surface area contributed by atoms with Crippen molar-refractivity contribution in [2.75, 3.05) is 5.73 Å². The molecular weight excluding hydrogens is 251 g/mol. The van der Waals surface area contributed by atoms with Gasteiger partial charge in [-0.05, 0) is 60.7 Å². The van der Waals surface area contributed by atoms with Crippen LogP contribution in [0.15, 0.2) is 42.5 Å². The van der Waals surface area contributed by atoms with E-state index in [1.807, 2.05) is 12.1 Å². The van der Waals surface area contributed by atoms with Crippen molar-refractivity contribution < 1.29 is 4.39 Å². The zero-order valence-corrected chi connectivity index (χ0v) is 11.6. The van der Waals surface area contributed by atoms with Crippen LogP contribution in [-0.2, 0) is 6.42 Å². The zero-order chi connectivity index (χ0) is 14.1. The van der Waals surface area contributed by atoms with Crippen molar-refractivity contribution in [2.45, 2.75) is 31.8 Å². The minimum Gasteiger partial charge on any atom is -0.399 e. The van der Waals surface area contributed by atoms with Gasteiger partial charge in [-0.25, -0.2) is 4.39 Å². The standard InChI is InChI=1S/C17H19FN2/c1-11(12-3-2-4-14(18)9-12)20-17-8-5-13-10-15(19)6-7-16(13)17/h2-4,6-7,9-11,17,20H,5,8,19H2,1H3/t11-,17?/m1/s1. The maximum absolute atomic E-state index is 13.3. The van der Waals surface area contributed by atoms with Crippen molar-refractivity contribution in [1.82, 2.24) is 5.32 Å². The van der Waals surface area contributed by atoms with Gasteiger partial charge in [-0.3, -0.25) is 0 Å². The summed E-state index contributed by atoms with van der Waals surface area (Å²) in [5.41, 5.74) is 10.3. The van der Waals surface area contributed by atoms with Crippen molar-refractivity contribution in [3.63, 3.8) is 0 Å². The van der Waals surface area contributed by atoms with Crippen molar-refractivity contribution >= 4 is 5.69 Å². The lowest BCUT2D eigenvalue weighted by atomic mass is 10.0. The first-order chi connectivity index (χ1) is 9.63. The smallest absolute Gasteiger partial charge is 0.123 e. The lowest BCUT2D eigenvalue weighted by molar-refractivity contribution is 0.463. The van der Waals surface area contributed by atoms with Gasteiger partial charge in [-0.15, -0.1) is 0 Å². The van der Waals surface area contributed by atoms with E-state index in [0.717, 1.165) is 24.1 Å². The first kappa shape index (κ1) is 13.1. The molecule has 0 bridgehead atoms. The molecule has 0 fully saturated rings. The van der Waals surface area contributed by atoms with E-state index in [1.54, 1.807) is 12.1 Å². The number of benzene rings is 2. The number of hydrogen-bond donors (Lipinski definition) is 2. The van der Waals surface area contributed by atoms with Crippen LogP contribution in [0.5, 0.6) is 0 Å². The quantitative estimate of drug-likeness (QED) is 0.834. The molecular formula is C17H19FN2. The minimum atomic E-state index is -0.184. The zero-order valence-electron chi connectivity index (χ0n) is 11.6. The normalized spacial score (nSPS) is 18.8. The van der Waals surface area contributed by atoms with Crippen LogP contribution >= 0.6 is 0 Å². The van der Waals surface area contributed by atoms with E-state index in [-0.39, 0.29) is 11.9 Å². The van der Waals surface area contributed by atoms with Gasteiger partial charge in [0.2, 0.25) is 0 Å². The number of fused-ring (bicyclic) bond motifs is 1. The molecule has 3 N–H and O–H groups in total. The fourth-order valence-electron chi connectivity index (χ4n) is 2.98. The lowest BCUT2D eigenvalue weighted by Crippen LogP contribution is -2.23. The monoisotopic (exact) mass is 270 g/mol. The third-order valence-electron chi connectivity index (χ3n) is 4.04. The Balaban J connectivity index is 1.77. The third-order valence-corrected chi connectivity index (χ3v) is 4.04. The Morgan fingerprint density at radius 1 is 1.25 bits per heavy atom. The Labute approximate surface area is 118 Å². The van der Waals surface area contributed by atoms with Gasteiger partial charge in [0.1, 0.15) is 5.82 Å². The number of nitrogen functional groups attached to an aromatic ring is 1. The van der Waals surface area contributed by atoms with Gasteiger partial charge in [-0.2, -0.15) is 0 Å². The number of hydrogen-bond acceptors (Lipinski definition) is 2. The molecule has 0 spiro atoms. The van der Waals surface area contributed by atoms with E-state index in [4.69, 9.17) is 5.73 Å². The summed E-state index contributed by atoms with van der Waals surface area (Å²) in [7, 11) is 0. The van der Waals surface area contributed by atoms with E-state index in [1.165, 1.54) is 17.2 Å². The number of aryl methyl sites for hydroxylation is 1. The van der Waals surface area contributed by atoms with Crippen LogP contribution in [-0.4, -0.2) is 0 Å². The minimum absolute atomic E-state index is 0.124. The average molecular weight is 270 g/mol. The molecule has 0 aromatic heterocycles. The highest BCUT2D eigenvalue weighted by atomic mass is 19.1. The summed E-state index contributed by atoms with van der Waals surface area (Å²) in [5, 5.41) is 3.59. The molecule has 0 aliphatic heterocycles. The molecule has 1 aliphatic rings. The number of halogens is 1. The Morgan fingerprint density at radius 2 is 2.10 bits per heavy atom. The predicted octanol–water partition coefficient (Wildman–Crippen LogP) is 3.75. The predicted molar refractivity (Wildman–Crippen MR) is 79.9 cm³/mol. The molecule has 0 saturated carbocycles. The second kappa shape index (κ2) is 5.25. The van der Waals surface area contributed by atoms with E-state index >= 15 is 0 Å². The van der Waals surface area contributed by atoms with Crippen LogP contribution in [0.25, 0.3) is 0 Å². The first-order valence-electron chi connectivity index (χ1n) is 7.03. The number of rotatable bonds is 3. The van der Waals surface area contributed by atoms with Gasteiger partial charge in [0, 0.05) is 17.8 Å². The maximum atomic E-state index is 13.3. The highest BCUT2D eigenvalue weighted by Gasteiger charge is 2.23. The van der Waals surface area contributed by atoms with Gasteiger partial charge >= 0.3 is 0 Å². The van der Waals surface area contributed by atoms with Crippen LogP contribution in [0, 0.1) is 5.82 Å². The molecule has 1 unspecified atom stereocenters. The van der Waals surface area contributed by atoms with Crippen molar-refractivity contribution in [1.29, 1.82) is 0 Å². The van der Waals surface area contributed by atoms with Crippen LogP contribution in [0.2, 0.25) is 0 Å². The Bertz CT molecular complexity index is 624. The van der Waals surface area contributed by atoms with Crippen molar-refractivity contribution in [3.8, 4) is 0 Å². The van der Waals surface area contributed by atoms with Crippen molar-refractivity contribution in [3.05, 3.63) is 65.0 Å². The van der Waals surface area contributed by atoms with Crippen molar-refractivity contribution in [2.24, 2.45) is 0 Å². The molecule has 2 aromatic carbocycles. The van der Waals surface area contributed by atoms with Gasteiger partial charge in [0.25, 0.3) is 0 Å². The molecule has 3 heteroatoms. The first-order valence-corrected chi connectivity index (χ1v) is 7.03. The van der Waals surface area contributed by atoms with E-state index < -0.39 is 0 Å². The fourth-order valence-corrected chi connectivity index (χ4v) is 2.98. The summed E-state index contributed by atoms with van der Waals surface area (Å²) in [4.78, 5) is 0. The maximum Gasteiger partial charge on any atom is 0.123 e. The molecule has 2 atom stereocenters. The van der Waals surface area contributed by atoms with Crippen LogP contribution in [0.3, 0.4) is 0 Å². The van der Waals surface area contributed by atoms with Gasteiger partial charge in [0.05, 0.1) is 0 Å². The van der Waals surface area contributed by atoms with Gasteiger partial charge in [0.15, 0.2) is 0 Å². The van der Waals surface area contributed by atoms with E-state index in [2.05, 4.69) is 24.4 Å². The molecule has 0 radical (unpaired) electrons. The molecule has 0 heterocycles. The van der Waals surface area contributed by atoms with E-state index in [9.17, 15) is 4.39 Å². The fraction of sp³-hybridized carbons (Fsp3) is 0.294. The van der Waals surface area contributed by atoms with E-state index in [0.29, 0.717) is 6.04 Å². The summed E-state index contributed by atoms with van der Waals surface area (Å²) in [6.07, 6.45) is 2.12. The summed E-state index contributed by atoms with van der Waals surface area (Å²) < 4.78 is 13.3. The molecule has 0 amide bonds. The number of anilines is 1. The Kier molecular flexibility index (Phi) is 3.45. The average Bonchev–Trinajstić information content (AvgIpc) is 2.81. The summed E-state index contributed by atoms with van der Waals surface area (Å²) >= 11 is 0. The van der Waals surface area contributed by atoms with Crippen LogP contribution < -0.4 is 11.1 Å². The molecule has 1 aliphatic carbocycles. The molecule has 0 saturated heterocycles. The second-order valence-electron chi connectivity index (χ2n) is 5.49. The summed E-state index contributed by atoms with van der Waals surface area (Å²) in [5.74, 6) is -0.184. The number of nitrogens with two attached hydrogens (primary N) is 1. The Hall–Kier alpha value is -1.87. The highest BCUT2D eigenvalue weighted by Crippen LogP contribution is 2.34. The Morgan fingerprint density at radius 3 is 2.90 bits per heavy atom. The summed E-state index contributed by atoms with van der Waals surface area (Å²) in [6.45, 7) is 2.07. The van der Waals surface area contributed by atoms with Gasteiger partial charge in [-0.1, -0.05) is 18.2 Å². The summed E-state index contributed by atoms with van der Waals surface area (Å²) in [6, 6.07) is 13.3. The number of nitrogens with one attached hydrogen (secondary N) is 1. The third kappa shape index (κ3) is 2.54. The molecule has 2 nitrogen and oxygen atoms in total. The highest BCUT2D eigenvalue weighted by molar-refractivity contribution is 5.47. The largest absolute Gasteiger partial charge is 0.399 e. The van der Waals surface area contributed by atoms with Crippen LogP contribution in [0.1, 0.15) is 42.1 Å².